The summed E-state index contributed by atoms with van der Waals surface area (Å²) in [6, 6.07) is 20.0. The quantitative estimate of drug-likeness (QED) is 0.263. The van der Waals surface area contributed by atoms with Crippen molar-refractivity contribution in [3.8, 4) is 11.1 Å². The van der Waals surface area contributed by atoms with Crippen molar-refractivity contribution in [2.24, 2.45) is 11.5 Å². The minimum Gasteiger partial charge on any atom is -0.366 e. The predicted octanol–water partition coefficient (Wildman–Crippen LogP) is 5.90. The lowest BCUT2D eigenvalue weighted by Crippen LogP contribution is -2.14. The van der Waals surface area contributed by atoms with Gasteiger partial charge in [-0.25, -0.2) is 8.78 Å². The van der Waals surface area contributed by atoms with E-state index in [1.165, 1.54) is 12.1 Å². The highest BCUT2D eigenvalue weighted by molar-refractivity contribution is 5.94. The zero-order valence-electron chi connectivity index (χ0n) is 21.9. The van der Waals surface area contributed by atoms with Crippen LogP contribution in [0.15, 0.2) is 85.1 Å². The Morgan fingerprint density at radius 2 is 1.70 bits per heavy atom. The molecule has 1 aliphatic rings. The van der Waals surface area contributed by atoms with Crippen LogP contribution in [-0.4, -0.2) is 16.7 Å². The molecule has 4 aromatic rings. The van der Waals surface area contributed by atoms with E-state index in [0.717, 1.165) is 40.3 Å². The van der Waals surface area contributed by atoms with Crippen molar-refractivity contribution >= 4 is 17.3 Å². The van der Waals surface area contributed by atoms with Gasteiger partial charge in [-0.2, -0.15) is 0 Å². The Morgan fingerprint density at radius 1 is 0.900 bits per heavy atom. The number of rotatable bonds is 10. The maximum absolute atomic E-state index is 14.1. The van der Waals surface area contributed by atoms with Gasteiger partial charge in [-0.05, 0) is 76.6 Å². The fraction of sp³-hybridized carbons (Fsp3) is 0.182. The number of nitrogens with two attached hydrogens (primary N) is 2. The van der Waals surface area contributed by atoms with Gasteiger partial charge in [0.05, 0.1) is 5.69 Å². The number of nitrogens with zero attached hydrogens (tertiary/aromatic N) is 1. The Kier molecular flexibility index (Phi) is 7.94. The Bertz CT molecular complexity index is 1610. The number of carbonyl (C=O) groups excluding carboxylic acids is 2. The predicted molar refractivity (Wildman–Crippen MR) is 151 cm³/mol. The number of benzene rings is 3. The van der Waals surface area contributed by atoms with Gasteiger partial charge in [-0.1, -0.05) is 42.5 Å². The third-order valence-corrected chi connectivity index (χ3v) is 7.27. The standard InChI is InChI=1S/C33H29F2N3O2/c34-27-13-21(14-28(35)18-27)12-26(17-29(39)16-24-8-7-23-11-20(19-36)6-9-30(23)24)32-31(5-2-10-38-32)22-3-1-4-25(15-22)33(37)40/h1-6,8-11,13-15,18,26H,7,12,16-17,19,36H2,(H2,37,40)/t26-/m1/s1. The number of Topliss-reactive ketones (excluding diaryl/α,β-unsaturated/α-hetero) is 1. The summed E-state index contributed by atoms with van der Waals surface area (Å²) >= 11 is 0. The summed E-state index contributed by atoms with van der Waals surface area (Å²) in [5, 5.41) is 0. The lowest BCUT2D eigenvalue weighted by molar-refractivity contribution is -0.118. The number of primary amides is 1. The molecule has 5 nitrogen and oxygen atoms in total. The van der Waals surface area contributed by atoms with Gasteiger partial charge in [-0.3, -0.25) is 14.6 Å². The summed E-state index contributed by atoms with van der Waals surface area (Å²) in [6.45, 7) is 0.457. The smallest absolute Gasteiger partial charge is 0.248 e. The Labute approximate surface area is 231 Å². The van der Waals surface area contributed by atoms with Crippen molar-refractivity contribution in [1.29, 1.82) is 0 Å². The lowest BCUT2D eigenvalue weighted by Gasteiger charge is -2.20. The van der Waals surface area contributed by atoms with Crippen molar-refractivity contribution in [3.63, 3.8) is 0 Å². The third kappa shape index (κ3) is 6.05. The van der Waals surface area contributed by atoms with E-state index in [9.17, 15) is 18.4 Å². The summed E-state index contributed by atoms with van der Waals surface area (Å²) in [4.78, 5) is 30.0. The molecule has 7 heteroatoms. The molecule has 0 bridgehead atoms. The molecule has 1 heterocycles. The molecule has 0 radical (unpaired) electrons. The average molecular weight is 538 g/mol. The molecule has 0 fully saturated rings. The van der Waals surface area contributed by atoms with E-state index in [0.29, 0.717) is 28.9 Å². The number of pyridine rings is 1. The van der Waals surface area contributed by atoms with Crippen molar-refractivity contribution in [2.45, 2.75) is 38.1 Å². The largest absolute Gasteiger partial charge is 0.366 e. The van der Waals surface area contributed by atoms with Crippen LogP contribution < -0.4 is 11.5 Å². The Hall–Kier alpha value is -4.49. The molecule has 0 unspecified atom stereocenters. The van der Waals surface area contributed by atoms with Crippen LogP contribution in [0.1, 0.15) is 57.1 Å². The SMILES string of the molecule is NCc1ccc2c(c1)CC=C2CC(=O)C[C@@H](Cc1cc(F)cc(F)c1)c1ncccc1-c1cccc(C(N)=O)c1. The van der Waals surface area contributed by atoms with Crippen LogP contribution >= 0.6 is 0 Å². The fourth-order valence-corrected chi connectivity index (χ4v) is 5.43. The number of amides is 1. The molecule has 4 N–H and O–H groups in total. The maximum Gasteiger partial charge on any atom is 0.248 e. The second-order valence-corrected chi connectivity index (χ2v) is 10.1. The van der Waals surface area contributed by atoms with Crippen LogP contribution in [0, 0.1) is 11.6 Å². The van der Waals surface area contributed by atoms with Crippen molar-refractivity contribution < 1.29 is 18.4 Å². The van der Waals surface area contributed by atoms with Gasteiger partial charge in [0, 0.05) is 48.7 Å². The van der Waals surface area contributed by atoms with Gasteiger partial charge in [0.1, 0.15) is 17.4 Å². The van der Waals surface area contributed by atoms with Gasteiger partial charge in [0.2, 0.25) is 5.91 Å². The molecule has 0 saturated carbocycles. The summed E-state index contributed by atoms with van der Waals surface area (Å²) in [5.74, 6) is -2.40. The highest BCUT2D eigenvalue weighted by Crippen LogP contribution is 2.35. The lowest BCUT2D eigenvalue weighted by atomic mass is 9.85. The second-order valence-electron chi connectivity index (χ2n) is 10.1. The summed E-state index contributed by atoms with van der Waals surface area (Å²) in [7, 11) is 0. The van der Waals surface area contributed by atoms with Gasteiger partial charge in [-0.15, -0.1) is 0 Å². The monoisotopic (exact) mass is 537 g/mol. The minimum absolute atomic E-state index is 0.00799. The number of halogens is 2. The number of allylic oxidation sites excluding steroid dienone is 2. The molecule has 0 spiro atoms. The first-order chi connectivity index (χ1) is 19.3. The summed E-state index contributed by atoms with van der Waals surface area (Å²) in [5.41, 5.74) is 18.3. The van der Waals surface area contributed by atoms with E-state index in [1.54, 1.807) is 30.5 Å². The minimum atomic E-state index is -0.681. The van der Waals surface area contributed by atoms with Crippen LogP contribution in [0.2, 0.25) is 0 Å². The Balaban J connectivity index is 1.47. The summed E-state index contributed by atoms with van der Waals surface area (Å²) < 4.78 is 28.2. The first-order valence-electron chi connectivity index (χ1n) is 13.1. The molecule has 1 aromatic heterocycles. The van der Waals surface area contributed by atoms with Crippen LogP contribution in [-0.2, 0) is 24.2 Å². The first-order valence-corrected chi connectivity index (χ1v) is 13.1. The van der Waals surface area contributed by atoms with Gasteiger partial charge in [0.25, 0.3) is 0 Å². The molecule has 1 amide bonds. The van der Waals surface area contributed by atoms with Crippen LogP contribution in [0.4, 0.5) is 8.78 Å². The molecule has 0 aliphatic heterocycles. The van der Waals surface area contributed by atoms with Crippen molar-refractivity contribution in [2.75, 3.05) is 0 Å². The van der Waals surface area contributed by atoms with Gasteiger partial charge < -0.3 is 11.5 Å². The molecule has 1 aliphatic carbocycles. The number of carbonyl (C=O) groups is 2. The van der Waals surface area contributed by atoms with E-state index in [4.69, 9.17) is 11.5 Å². The number of hydrogen-bond donors (Lipinski definition) is 2. The summed E-state index contributed by atoms with van der Waals surface area (Å²) in [6.07, 6.45) is 5.01. The highest BCUT2D eigenvalue weighted by atomic mass is 19.1. The number of ketones is 1. The molecule has 1 atom stereocenters. The molecular weight excluding hydrogens is 508 g/mol. The molecular formula is C33H29F2N3O2. The third-order valence-electron chi connectivity index (χ3n) is 7.27. The first kappa shape index (κ1) is 27.1. The van der Waals surface area contributed by atoms with Crippen LogP contribution in [0.3, 0.4) is 0 Å². The zero-order chi connectivity index (χ0) is 28.2. The molecule has 3 aromatic carbocycles. The van der Waals surface area contributed by atoms with E-state index < -0.39 is 23.5 Å². The van der Waals surface area contributed by atoms with Crippen LogP contribution in [0.25, 0.3) is 16.7 Å². The fourth-order valence-electron chi connectivity index (χ4n) is 5.43. The number of fused-ring (bicyclic) bond motifs is 1. The molecule has 5 rings (SSSR count). The van der Waals surface area contributed by atoms with Gasteiger partial charge >= 0.3 is 0 Å². The Morgan fingerprint density at radius 3 is 2.45 bits per heavy atom. The average Bonchev–Trinajstić information content (AvgIpc) is 3.33. The van der Waals surface area contributed by atoms with E-state index in [-0.39, 0.29) is 25.0 Å². The van der Waals surface area contributed by atoms with Crippen molar-refractivity contribution in [1.82, 2.24) is 4.98 Å². The number of aromatic nitrogens is 1. The maximum atomic E-state index is 14.1. The normalized spacial score (nSPS) is 13.0. The van der Waals surface area contributed by atoms with E-state index >= 15 is 0 Å². The number of hydrogen-bond acceptors (Lipinski definition) is 4. The second kappa shape index (κ2) is 11.7. The van der Waals surface area contributed by atoms with Crippen LogP contribution in [0.5, 0.6) is 0 Å². The molecule has 0 saturated heterocycles. The van der Waals surface area contributed by atoms with E-state index in [2.05, 4.69) is 17.1 Å². The molecule has 40 heavy (non-hydrogen) atoms. The molecule has 202 valence electrons. The van der Waals surface area contributed by atoms with Crippen molar-refractivity contribution in [3.05, 3.63) is 130 Å². The highest BCUT2D eigenvalue weighted by Gasteiger charge is 2.24. The topological polar surface area (TPSA) is 99.1 Å². The van der Waals surface area contributed by atoms with Gasteiger partial charge in [0.15, 0.2) is 0 Å². The van der Waals surface area contributed by atoms with E-state index in [1.807, 2.05) is 24.3 Å². The zero-order valence-corrected chi connectivity index (χ0v) is 21.9.